The van der Waals surface area contributed by atoms with Gasteiger partial charge in [-0.25, -0.2) is 13.1 Å². The second-order valence-corrected chi connectivity index (χ2v) is 7.27. The minimum Gasteiger partial charge on any atom is -0.497 e. The van der Waals surface area contributed by atoms with Crippen LogP contribution in [-0.2, 0) is 16.4 Å². The number of nitrogens with one attached hydrogen (secondary N) is 1. The molecule has 0 spiro atoms. The van der Waals surface area contributed by atoms with Crippen LogP contribution in [0.2, 0.25) is 0 Å². The molecule has 136 valence electrons. The van der Waals surface area contributed by atoms with Gasteiger partial charge in [0.25, 0.3) is 0 Å². The molecule has 6 nitrogen and oxygen atoms in total. The Balaban J connectivity index is 1.73. The first-order valence-electron chi connectivity index (χ1n) is 7.89. The maximum Gasteiger partial charge on any atom is 0.214 e. The summed E-state index contributed by atoms with van der Waals surface area (Å²) in [5, 5.41) is 0. The lowest BCUT2D eigenvalue weighted by Crippen LogP contribution is -2.30. The van der Waals surface area contributed by atoms with Crippen LogP contribution in [0.3, 0.4) is 0 Å². The lowest BCUT2D eigenvalue weighted by molar-refractivity contribution is 0.339. The summed E-state index contributed by atoms with van der Waals surface area (Å²) in [5.41, 5.74) is 1.01. The second kappa shape index (κ2) is 9.29. The first-order chi connectivity index (χ1) is 12.0. The third kappa shape index (κ3) is 6.64. The van der Waals surface area contributed by atoms with Gasteiger partial charge in [0.15, 0.2) is 0 Å². The molecule has 0 fully saturated rings. The molecule has 0 aliphatic heterocycles. The molecule has 2 aromatic carbocycles. The maximum atomic E-state index is 12.0. The van der Waals surface area contributed by atoms with Gasteiger partial charge in [-0.2, -0.15) is 0 Å². The van der Waals surface area contributed by atoms with Crippen molar-refractivity contribution in [3.8, 4) is 17.2 Å². The van der Waals surface area contributed by atoms with E-state index in [9.17, 15) is 8.42 Å². The zero-order valence-corrected chi connectivity index (χ0v) is 15.2. The van der Waals surface area contributed by atoms with Crippen molar-refractivity contribution in [1.29, 1.82) is 0 Å². The van der Waals surface area contributed by atoms with Crippen molar-refractivity contribution in [2.24, 2.45) is 0 Å². The summed E-state index contributed by atoms with van der Waals surface area (Å²) in [6.07, 6.45) is 0.593. The summed E-state index contributed by atoms with van der Waals surface area (Å²) in [6, 6.07) is 14.6. The van der Waals surface area contributed by atoms with Crippen LogP contribution >= 0.6 is 0 Å². The van der Waals surface area contributed by atoms with Crippen LogP contribution in [0, 0.1) is 0 Å². The Hall–Kier alpha value is -2.25. The first-order valence-corrected chi connectivity index (χ1v) is 9.55. The molecular weight excluding hydrogens is 342 g/mol. The largest absolute Gasteiger partial charge is 0.497 e. The first kappa shape index (κ1) is 19.1. The summed E-state index contributed by atoms with van der Waals surface area (Å²) < 4.78 is 42.2. The Bertz CT molecular complexity index is 759. The summed E-state index contributed by atoms with van der Waals surface area (Å²) in [4.78, 5) is 0. The molecule has 0 amide bonds. The molecule has 0 aromatic heterocycles. The highest BCUT2D eigenvalue weighted by molar-refractivity contribution is 7.89. The van der Waals surface area contributed by atoms with Crippen molar-refractivity contribution < 1.29 is 22.6 Å². The number of rotatable bonds is 10. The van der Waals surface area contributed by atoms with Gasteiger partial charge in [0.05, 0.1) is 20.0 Å². The molecule has 7 heteroatoms. The molecule has 0 heterocycles. The van der Waals surface area contributed by atoms with Gasteiger partial charge in [-0.3, -0.25) is 0 Å². The molecule has 2 rings (SSSR count). The van der Waals surface area contributed by atoms with Crippen molar-refractivity contribution in [3.63, 3.8) is 0 Å². The van der Waals surface area contributed by atoms with Gasteiger partial charge in [0.1, 0.15) is 23.9 Å². The average Bonchev–Trinajstić information content (AvgIpc) is 2.62. The van der Waals surface area contributed by atoms with Crippen molar-refractivity contribution in [3.05, 3.63) is 54.1 Å². The van der Waals surface area contributed by atoms with Gasteiger partial charge in [0.2, 0.25) is 10.0 Å². The monoisotopic (exact) mass is 365 g/mol. The van der Waals surface area contributed by atoms with E-state index in [0.29, 0.717) is 18.7 Å². The number of hydrogen-bond donors (Lipinski definition) is 1. The normalized spacial score (nSPS) is 11.1. The van der Waals surface area contributed by atoms with Gasteiger partial charge in [-0.1, -0.05) is 12.1 Å². The predicted octanol–water partition coefficient (Wildman–Crippen LogP) is 2.24. The third-order valence-electron chi connectivity index (χ3n) is 3.55. The number of methoxy groups -OCH3 is 2. The topological polar surface area (TPSA) is 73.9 Å². The fraction of sp³-hybridized carbons (Fsp3) is 0.333. The lowest BCUT2D eigenvalue weighted by atomic mass is 10.1. The van der Waals surface area contributed by atoms with Crippen LogP contribution in [0.4, 0.5) is 0 Å². The minimum atomic E-state index is -3.38. The average molecular weight is 365 g/mol. The van der Waals surface area contributed by atoms with E-state index >= 15 is 0 Å². The fourth-order valence-corrected chi connectivity index (χ4v) is 3.05. The van der Waals surface area contributed by atoms with E-state index in [-0.39, 0.29) is 12.4 Å². The van der Waals surface area contributed by atoms with Gasteiger partial charge < -0.3 is 14.2 Å². The minimum absolute atomic E-state index is 0.0841. The zero-order valence-electron chi connectivity index (χ0n) is 14.4. The van der Waals surface area contributed by atoms with Gasteiger partial charge in [-0.05, 0) is 48.4 Å². The second-order valence-electron chi connectivity index (χ2n) is 5.34. The van der Waals surface area contributed by atoms with Crippen LogP contribution in [0.15, 0.2) is 48.5 Å². The van der Waals surface area contributed by atoms with Crippen LogP contribution in [0.25, 0.3) is 0 Å². The van der Waals surface area contributed by atoms with E-state index in [4.69, 9.17) is 14.2 Å². The molecule has 0 saturated heterocycles. The molecule has 0 radical (unpaired) electrons. The Morgan fingerprint density at radius 1 is 0.920 bits per heavy atom. The molecule has 0 bridgehead atoms. The van der Waals surface area contributed by atoms with Gasteiger partial charge in [-0.15, -0.1) is 0 Å². The zero-order chi connectivity index (χ0) is 18.1. The Labute approximate surface area is 148 Å². The van der Waals surface area contributed by atoms with Crippen molar-refractivity contribution in [1.82, 2.24) is 4.72 Å². The van der Waals surface area contributed by atoms with Gasteiger partial charge >= 0.3 is 0 Å². The van der Waals surface area contributed by atoms with Crippen LogP contribution in [-0.4, -0.2) is 41.5 Å². The maximum absolute atomic E-state index is 12.0. The fourth-order valence-electron chi connectivity index (χ4n) is 2.19. The highest BCUT2D eigenvalue weighted by atomic mass is 32.2. The van der Waals surface area contributed by atoms with Crippen molar-refractivity contribution in [2.75, 3.05) is 33.1 Å². The molecule has 0 unspecified atom stereocenters. The Morgan fingerprint density at radius 3 is 2.28 bits per heavy atom. The summed E-state index contributed by atoms with van der Waals surface area (Å²) in [6.45, 7) is 0.416. The molecular formula is C18H23NO5S. The van der Waals surface area contributed by atoms with E-state index in [1.54, 1.807) is 38.5 Å². The Morgan fingerprint density at radius 2 is 1.60 bits per heavy atom. The van der Waals surface area contributed by atoms with E-state index < -0.39 is 10.0 Å². The van der Waals surface area contributed by atoms with E-state index in [1.807, 2.05) is 24.3 Å². The molecule has 0 saturated carbocycles. The van der Waals surface area contributed by atoms with Crippen LogP contribution < -0.4 is 18.9 Å². The summed E-state index contributed by atoms with van der Waals surface area (Å²) in [5.74, 6) is 1.98. The number of ether oxygens (including phenoxy) is 3. The highest BCUT2D eigenvalue weighted by Crippen LogP contribution is 2.17. The Kier molecular flexibility index (Phi) is 7.09. The molecule has 0 aliphatic rings. The van der Waals surface area contributed by atoms with Crippen molar-refractivity contribution in [2.45, 2.75) is 6.42 Å². The lowest BCUT2D eigenvalue weighted by Gasteiger charge is -2.09. The standard InChI is InChI=1S/C18H23NO5S/c1-22-16-6-8-17(9-7-16)24-12-13-25(20,21)19-11-10-15-4-3-5-18(14-15)23-2/h3-9,14,19H,10-13H2,1-2H3. The quantitative estimate of drug-likeness (QED) is 0.699. The van der Waals surface area contributed by atoms with Crippen molar-refractivity contribution >= 4 is 10.0 Å². The predicted molar refractivity (Wildman–Crippen MR) is 97.0 cm³/mol. The summed E-state index contributed by atoms with van der Waals surface area (Å²) >= 11 is 0. The van der Waals surface area contributed by atoms with Gasteiger partial charge in [0, 0.05) is 6.54 Å². The number of sulfonamides is 1. The third-order valence-corrected chi connectivity index (χ3v) is 4.90. The number of benzene rings is 2. The molecule has 1 N–H and O–H groups in total. The SMILES string of the molecule is COc1ccc(OCCS(=O)(=O)NCCc2cccc(OC)c2)cc1. The molecule has 25 heavy (non-hydrogen) atoms. The van der Waals surface area contributed by atoms with E-state index in [2.05, 4.69) is 4.72 Å². The molecule has 0 atom stereocenters. The molecule has 0 aliphatic carbocycles. The van der Waals surface area contributed by atoms with Crippen LogP contribution in [0.5, 0.6) is 17.2 Å². The van der Waals surface area contributed by atoms with E-state index in [0.717, 1.165) is 17.1 Å². The summed E-state index contributed by atoms with van der Waals surface area (Å²) in [7, 11) is -0.197. The smallest absolute Gasteiger partial charge is 0.214 e. The number of hydrogen-bond acceptors (Lipinski definition) is 5. The molecule has 2 aromatic rings. The highest BCUT2D eigenvalue weighted by Gasteiger charge is 2.10. The van der Waals surface area contributed by atoms with E-state index in [1.165, 1.54) is 0 Å². The van der Waals surface area contributed by atoms with Crippen LogP contribution in [0.1, 0.15) is 5.56 Å².